The Hall–Kier alpha value is -3.19. The number of nitrogens with one attached hydrogen (secondary N) is 1. The van der Waals surface area contributed by atoms with Gasteiger partial charge in [-0.1, -0.05) is 30.3 Å². The molecule has 4 heteroatoms. The number of para-hydroxylation sites is 1. The van der Waals surface area contributed by atoms with Crippen molar-refractivity contribution in [2.24, 2.45) is 0 Å². The van der Waals surface area contributed by atoms with Gasteiger partial charge >= 0.3 is 0 Å². The van der Waals surface area contributed by atoms with Crippen LogP contribution in [-0.2, 0) is 17.8 Å². The van der Waals surface area contributed by atoms with E-state index < -0.39 is 0 Å². The number of aryl methyl sites for hydroxylation is 2. The Morgan fingerprint density at radius 1 is 1.12 bits per heavy atom. The van der Waals surface area contributed by atoms with Crippen molar-refractivity contribution in [2.75, 3.05) is 0 Å². The molecular formula is C21H19N3O. The monoisotopic (exact) mass is 329 g/mol. The highest BCUT2D eigenvalue weighted by molar-refractivity contribution is 5.86. The number of nitriles is 1. The summed E-state index contributed by atoms with van der Waals surface area (Å²) < 4.78 is 0. The maximum atomic E-state index is 12.4. The Balaban J connectivity index is 1.72. The highest BCUT2D eigenvalue weighted by Gasteiger charge is 2.12. The third kappa shape index (κ3) is 3.67. The molecule has 2 aromatic carbocycles. The van der Waals surface area contributed by atoms with Crippen molar-refractivity contribution in [3.63, 3.8) is 0 Å². The van der Waals surface area contributed by atoms with Gasteiger partial charge in [0.05, 0.1) is 23.6 Å². The van der Waals surface area contributed by atoms with Crippen LogP contribution in [0, 0.1) is 25.2 Å². The molecule has 0 saturated carbocycles. The van der Waals surface area contributed by atoms with Gasteiger partial charge in [-0.2, -0.15) is 5.26 Å². The van der Waals surface area contributed by atoms with E-state index in [0.29, 0.717) is 18.5 Å². The van der Waals surface area contributed by atoms with Crippen LogP contribution in [0.4, 0.5) is 0 Å². The Labute approximate surface area is 147 Å². The fraction of sp³-hybridized carbons (Fsp3) is 0.190. The van der Waals surface area contributed by atoms with Crippen molar-refractivity contribution >= 4 is 16.8 Å². The summed E-state index contributed by atoms with van der Waals surface area (Å²) in [5.41, 5.74) is 5.53. The van der Waals surface area contributed by atoms with Gasteiger partial charge in [0, 0.05) is 17.6 Å². The molecule has 25 heavy (non-hydrogen) atoms. The molecule has 3 rings (SSSR count). The topological polar surface area (TPSA) is 65.8 Å². The summed E-state index contributed by atoms with van der Waals surface area (Å²) in [6.45, 7) is 4.44. The Bertz CT molecular complexity index is 969. The number of rotatable bonds is 4. The normalized spacial score (nSPS) is 10.4. The van der Waals surface area contributed by atoms with E-state index in [-0.39, 0.29) is 5.91 Å². The van der Waals surface area contributed by atoms with Crippen LogP contribution < -0.4 is 5.32 Å². The van der Waals surface area contributed by atoms with E-state index in [4.69, 9.17) is 5.26 Å². The van der Waals surface area contributed by atoms with Crippen LogP contribution in [0.3, 0.4) is 0 Å². The number of benzene rings is 2. The lowest BCUT2D eigenvalue weighted by Crippen LogP contribution is -2.25. The SMILES string of the molecule is Cc1nc2ccccc2c(C)c1CC(=O)NCc1ccc(C#N)cc1. The molecule has 0 aliphatic heterocycles. The molecule has 4 nitrogen and oxygen atoms in total. The third-order valence-corrected chi connectivity index (χ3v) is 4.40. The number of carbonyl (C=O) groups is 1. The molecular weight excluding hydrogens is 310 g/mol. The van der Waals surface area contributed by atoms with Crippen LogP contribution in [0.25, 0.3) is 10.9 Å². The van der Waals surface area contributed by atoms with Crippen molar-refractivity contribution < 1.29 is 4.79 Å². The highest BCUT2D eigenvalue weighted by Crippen LogP contribution is 2.22. The predicted octanol–water partition coefficient (Wildman–Crippen LogP) is 3.58. The summed E-state index contributed by atoms with van der Waals surface area (Å²) in [4.78, 5) is 17.0. The molecule has 1 heterocycles. The van der Waals surface area contributed by atoms with Crippen molar-refractivity contribution in [3.8, 4) is 6.07 Å². The summed E-state index contributed by atoms with van der Waals surface area (Å²) in [5, 5.41) is 12.8. The van der Waals surface area contributed by atoms with Crippen LogP contribution in [-0.4, -0.2) is 10.9 Å². The van der Waals surface area contributed by atoms with Crippen LogP contribution in [0.1, 0.15) is 27.9 Å². The van der Waals surface area contributed by atoms with Crippen molar-refractivity contribution in [2.45, 2.75) is 26.8 Å². The first-order valence-electron chi connectivity index (χ1n) is 8.19. The lowest BCUT2D eigenvalue weighted by molar-refractivity contribution is -0.120. The standard InChI is InChI=1S/C21H19N3O/c1-14-18-5-3-4-6-20(18)24-15(2)19(14)11-21(25)23-13-17-9-7-16(12-22)8-10-17/h3-10H,11,13H2,1-2H3,(H,23,25). The molecule has 0 aliphatic rings. The first-order valence-corrected chi connectivity index (χ1v) is 8.19. The molecule has 1 amide bonds. The van der Waals surface area contributed by atoms with Gasteiger partial charge in [-0.25, -0.2) is 0 Å². The zero-order valence-corrected chi connectivity index (χ0v) is 14.3. The van der Waals surface area contributed by atoms with Crippen LogP contribution in [0.15, 0.2) is 48.5 Å². The van der Waals surface area contributed by atoms with Crippen molar-refractivity contribution in [1.29, 1.82) is 5.26 Å². The lowest BCUT2D eigenvalue weighted by Gasteiger charge is -2.12. The molecule has 3 aromatic rings. The summed E-state index contributed by atoms with van der Waals surface area (Å²) in [6.07, 6.45) is 0.311. The smallest absolute Gasteiger partial charge is 0.224 e. The average molecular weight is 329 g/mol. The van der Waals surface area contributed by atoms with Crippen LogP contribution in [0.5, 0.6) is 0 Å². The summed E-state index contributed by atoms with van der Waals surface area (Å²) in [5.74, 6) is -0.0346. The van der Waals surface area contributed by atoms with Gasteiger partial charge in [-0.15, -0.1) is 0 Å². The third-order valence-electron chi connectivity index (χ3n) is 4.40. The maximum absolute atomic E-state index is 12.4. The quantitative estimate of drug-likeness (QED) is 0.795. The molecule has 124 valence electrons. The molecule has 1 aromatic heterocycles. The Morgan fingerprint density at radius 2 is 1.84 bits per heavy atom. The van der Waals surface area contributed by atoms with Gasteiger partial charge in [0.2, 0.25) is 5.91 Å². The lowest BCUT2D eigenvalue weighted by atomic mass is 9.99. The minimum atomic E-state index is -0.0346. The van der Waals surface area contributed by atoms with Crippen LogP contribution in [0.2, 0.25) is 0 Å². The molecule has 0 aliphatic carbocycles. The Morgan fingerprint density at radius 3 is 2.56 bits per heavy atom. The zero-order chi connectivity index (χ0) is 17.8. The number of fused-ring (bicyclic) bond motifs is 1. The van der Waals surface area contributed by atoms with E-state index >= 15 is 0 Å². The van der Waals surface area contributed by atoms with Gasteiger partial charge in [0.1, 0.15) is 0 Å². The van der Waals surface area contributed by atoms with E-state index in [9.17, 15) is 4.79 Å². The second kappa shape index (κ2) is 7.14. The first kappa shape index (κ1) is 16.7. The Kier molecular flexibility index (Phi) is 4.76. The fourth-order valence-corrected chi connectivity index (χ4v) is 2.95. The minimum Gasteiger partial charge on any atom is -0.352 e. The van der Waals surface area contributed by atoms with Gasteiger partial charge in [-0.05, 0) is 48.7 Å². The summed E-state index contributed by atoms with van der Waals surface area (Å²) in [6, 6.07) is 17.3. The molecule has 1 N–H and O–H groups in total. The number of nitrogens with zero attached hydrogens (tertiary/aromatic N) is 2. The van der Waals surface area contributed by atoms with E-state index in [0.717, 1.165) is 33.3 Å². The molecule has 0 radical (unpaired) electrons. The second-order valence-electron chi connectivity index (χ2n) is 6.08. The van der Waals surface area contributed by atoms with E-state index in [1.165, 1.54) is 0 Å². The van der Waals surface area contributed by atoms with E-state index in [1.54, 1.807) is 12.1 Å². The molecule has 0 bridgehead atoms. The van der Waals surface area contributed by atoms with Crippen molar-refractivity contribution in [3.05, 3.63) is 76.5 Å². The highest BCUT2D eigenvalue weighted by atomic mass is 16.1. The summed E-state index contributed by atoms with van der Waals surface area (Å²) in [7, 11) is 0. The molecule has 0 saturated heterocycles. The first-order chi connectivity index (χ1) is 12.1. The molecule has 0 unspecified atom stereocenters. The number of pyridine rings is 1. The number of aromatic nitrogens is 1. The summed E-state index contributed by atoms with van der Waals surface area (Å²) >= 11 is 0. The molecule has 0 atom stereocenters. The number of hydrogen-bond donors (Lipinski definition) is 1. The van der Waals surface area contributed by atoms with Crippen molar-refractivity contribution in [1.82, 2.24) is 10.3 Å². The number of carbonyl (C=O) groups excluding carboxylic acids is 1. The van der Waals surface area contributed by atoms with Gasteiger partial charge < -0.3 is 5.32 Å². The van der Waals surface area contributed by atoms with E-state index in [1.807, 2.05) is 50.2 Å². The van der Waals surface area contributed by atoms with E-state index in [2.05, 4.69) is 16.4 Å². The van der Waals surface area contributed by atoms with Crippen LogP contribution >= 0.6 is 0 Å². The van der Waals surface area contributed by atoms with Gasteiger partial charge in [0.15, 0.2) is 0 Å². The average Bonchev–Trinajstić information content (AvgIpc) is 2.64. The second-order valence-corrected chi connectivity index (χ2v) is 6.08. The predicted molar refractivity (Wildman–Crippen MR) is 97.9 cm³/mol. The maximum Gasteiger partial charge on any atom is 0.224 e. The largest absolute Gasteiger partial charge is 0.352 e. The minimum absolute atomic E-state index is 0.0346. The zero-order valence-electron chi connectivity index (χ0n) is 14.3. The number of hydrogen-bond acceptors (Lipinski definition) is 3. The number of amides is 1. The molecule has 0 fully saturated rings. The molecule has 0 spiro atoms. The van der Waals surface area contributed by atoms with Gasteiger partial charge in [0.25, 0.3) is 0 Å². The fourth-order valence-electron chi connectivity index (χ4n) is 2.95. The van der Waals surface area contributed by atoms with Gasteiger partial charge in [-0.3, -0.25) is 9.78 Å².